The Morgan fingerprint density at radius 3 is 2.67 bits per heavy atom. The summed E-state index contributed by atoms with van der Waals surface area (Å²) in [5.41, 5.74) is -0.457. The molecule has 106 valence electrons. The standard InChI is InChI=1S/C14H29N3O/c1-3-13-11-16(2)9-4-10-17(13)12-14(18)5-7-15-8-6-14/h13,15,18H,3-12H2,1-2H3. The lowest BCUT2D eigenvalue weighted by Crippen LogP contribution is -2.53. The van der Waals surface area contributed by atoms with Crippen LogP contribution in [-0.2, 0) is 0 Å². The van der Waals surface area contributed by atoms with Crippen molar-refractivity contribution in [2.24, 2.45) is 0 Å². The molecule has 1 atom stereocenters. The molecule has 2 heterocycles. The molecule has 2 fully saturated rings. The lowest BCUT2D eigenvalue weighted by atomic mass is 9.91. The van der Waals surface area contributed by atoms with Gasteiger partial charge in [0.15, 0.2) is 0 Å². The molecule has 0 aromatic carbocycles. The second-order valence-corrected chi connectivity index (χ2v) is 6.12. The first kappa shape index (κ1) is 14.3. The fraction of sp³-hybridized carbons (Fsp3) is 1.00. The van der Waals surface area contributed by atoms with Crippen LogP contribution in [0.4, 0.5) is 0 Å². The Kier molecular flexibility index (Phi) is 5.01. The zero-order valence-corrected chi connectivity index (χ0v) is 12.0. The highest BCUT2D eigenvalue weighted by molar-refractivity contribution is 4.90. The van der Waals surface area contributed by atoms with Gasteiger partial charge >= 0.3 is 0 Å². The van der Waals surface area contributed by atoms with Crippen molar-refractivity contribution in [3.05, 3.63) is 0 Å². The van der Waals surface area contributed by atoms with Crippen LogP contribution in [0.15, 0.2) is 0 Å². The van der Waals surface area contributed by atoms with Gasteiger partial charge in [-0.15, -0.1) is 0 Å². The van der Waals surface area contributed by atoms with E-state index in [1.165, 1.54) is 19.4 Å². The summed E-state index contributed by atoms with van der Waals surface area (Å²) >= 11 is 0. The maximum atomic E-state index is 10.7. The molecule has 0 radical (unpaired) electrons. The quantitative estimate of drug-likeness (QED) is 0.771. The molecule has 0 aromatic heterocycles. The van der Waals surface area contributed by atoms with Crippen molar-refractivity contribution in [2.75, 3.05) is 46.3 Å². The SMILES string of the molecule is CCC1CN(C)CCCN1CC1(O)CCNCC1. The van der Waals surface area contributed by atoms with Gasteiger partial charge in [0, 0.05) is 19.1 Å². The number of piperidine rings is 1. The maximum Gasteiger partial charge on any atom is 0.0798 e. The van der Waals surface area contributed by atoms with Crippen molar-refractivity contribution in [1.82, 2.24) is 15.1 Å². The number of hydrogen-bond donors (Lipinski definition) is 2. The molecule has 0 aromatic rings. The third kappa shape index (κ3) is 3.67. The zero-order chi connectivity index (χ0) is 13.0. The van der Waals surface area contributed by atoms with E-state index in [1.54, 1.807) is 0 Å². The number of hydrogen-bond acceptors (Lipinski definition) is 4. The van der Waals surface area contributed by atoms with Crippen LogP contribution in [0.3, 0.4) is 0 Å². The van der Waals surface area contributed by atoms with Crippen molar-refractivity contribution in [3.8, 4) is 0 Å². The molecule has 0 spiro atoms. The Hall–Kier alpha value is -0.160. The molecule has 2 aliphatic rings. The highest BCUT2D eigenvalue weighted by Crippen LogP contribution is 2.22. The van der Waals surface area contributed by atoms with Crippen LogP contribution in [0, 0.1) is 0 Å². The molecule has 0 bridgehead atoms. The highest BCUT2D eigenvalue weighted by Gasteiger charge is 2.34. The summed E-state index contributed by atoms with van der Waals surface area (Å²) in [5.74, 6) is 0. The van der Waals surface area contributed by atoms with E-state index < -0.39 is 5.60 Å². The summed E-state index contributed by atoms with van der Waals surface area (Å²) in [6.45, 7) is 8.52. The molecule has 4 nitrogen and oxygen atoms in total. The van der Waals surface area contributed by atoms with Gasteiger partial charge in [-0.05, 0) is 58.9 Å². The van der Waals surface area contributed by atoms with E-state index in [9.17, 15) is 5.11 Å². The average Bonchev–Trinajstić information content (AvgIpc) is 2.51. The number of β-amino-alcohol motifs (C(OH)–C–C–N with tert-alkyl or cyclic N) is 1. The molecule has 18 heavy (non-hydrogen) atoms. The first-order chi connectivity index (χ1) is 8.63. The molecule has 0 aliphatic carbocycles. The number of nitrogens with zero attached hydrogens (tertiary/aromatic N) is 2. The predicted molar refractivity (Wildman–Crippen MR) is 74.8 cm³/mol. The zero-order valence-electron chi connectivity index (χ0n) is 12.0. The van der Waals surface area contributed by atoms with Crippen molar-refractivity contribution >= 4 is 0 Å². The summed E-state index contributed by atoms with van der Waals surface area (Å²) in [7, 11) is 2.21. The van der Waals surface area contributed by atoms with Crippen molar-refractivity contribution in [2.45, 2.75) is 44.2 Å². The maximum absolute atomic E-state index is 10.7. The summed E-state index contributed by atoms with van der Waals surface area (Å²) in [5, 5.41) is 14.0. The molecule has 2 aliphatic heterocycles. The number of aliphatic hydroxyl groups is 1. The smallest absolute Gasteiger partial charge is 0.0798 e. The summed E-state index contributed by atoms with van der Waals surface area (Å²) < 4.78 is 0. The monoisotopic (exact) mass is 255 g/mol. The minimum atomic E-state index is -0.457. The molecule has 2 N–H and O–H groups in total. The normalized spacial score (nSPS) is 31.2. The molecule has 2 saturated heterocycles. The van der Waals surface area contributed by atoms with E-state index >= 15 is 0 Å². The lowest BCUT2D eigenvalue weighted by molar-refractivity contribution is -0.0306. The second-order valence-electron chi connectivity index (χ2n) is 6.12. The molecule has 0 saturated carbocycles. The summed E-state index contributed by atoms with van der Waals surface area (Å²) in [6.07, 6.45) is 4.20. The van der Waals surface area contributed by atoms with Gasteiger partial charge in [-0.1, -0.05) is 6.92 Å². The van der Waals surface area contributed by atoms with Gasteiger partial charge in [0.1, 0.15) is 0 Å². The van der Waals surface area contributed by atoms with Crippen molar-refractivity contribution < 1.29 is 5.11 Å². The minimum absolute atomic E-state index is 0.457. The van der Waals surface area contributed by atoms with E-state index in [4.69, 9.17) is 0 Å². The Morgan fingerprint density at radius 2 is 2.00 bits per heavy atom. The van der Waals surface area contributed by atoms with Crippen LogP contribution >= 0.6 is 0 Å². The largest absolute Gasteiger partial charge is 0.388 e. The van der Waals surface area contributed by atoms with Crippen LogP contribution in [-0.4, -0.2) is 72.9 Å². The Bertz CT molecular complexity index is 253. The first-order valence-electron chi connectivity index (χ1n) is 7.49. The van der Waals surface area contributed by atoms with E-state index in [2.05, 4.69) is 29.1 Å². The molecular weight excluding hydrogens is 226 g/mol. The third-order valence-electron chi connectivity index (χ3n) is 4.53. The van der Waals surface area contributed by atoms with Gasteiger partial charge in [-0.25, -0.2) is 0 Å². The fourth-order valence-corrected chi connectivity index (χ4v) is 3.32. The summed E-state index contributed by atoms with van der Waals surface area (Å²) in [6, 6.07) is 0.608. The molecule has 4 heteroatoms. The van der Waals surface area contributed by atoms with Crippen LogP contribution in [0.2, 0.25) is 0 Å². The highest BCUT2D eigenvalue weighted by atomic mass is 16.3. The van der Waals surface area contributed by atoms with Crippen molar-refractivity contribution in [1.29, 1.82) is 0 Å². The van der Waals surface area contributed by atoms with E-state index in [0.29, 0.717) is 6.04 Å². The van der Waals surface area contributed by atoms with Crippen LogP contribution in [0.25, 0.3) is 0 Å². The minimum Gasteiger partial charge on any atom is -0.388 e. The van der Waals surface area contributed by atoms with Gasteiger partial charge < -0.3 is 15.3 Å². The van der Waals surface area contributed by atoms with Gasteiger partial charge in [-0.3, -0.25) is 4.90 Å². The fourth-order valence-electron chi connectivity index (χ4n) is 3.32. The molecular formula is C14H29N3O. The van der Waals surface area contributed by atoms with E-state index in [-0.39, 0.29) is 0 Å². The second kappa shape index (κ2) is 6.33. The molecule has 1 unspecified atom stereocenters. The Balaban J connectivity index is 1.96. The Morgan fingerprint density at radius 1 is 1.28 bits per heavy atom. The van der Waals surface area contributed by atoms with Gasteiger partial charge in [0.2, 0.25) is 0 Å². The summed E-state index contributed by atoms with van der Waals surface area (Å²) in [4.78, 5) is 4.97. The van der Waals surface area contributed by atoms with E-state index in [1.807, 2.05) is 0 Å². The van der Waals surface area contributed by atoms with Gasteiger partial charge in [0.25, 0.3) is 0 Å². The number of rotatable bonds is 3. The van der Waals surface area contributed by atoms with Gasteiger partial charge in [0.05, 0.1) is 5.60 Å². The first-order valence-corrected chi connectivity index (χ1v) is 7.49. The Labute approximate surface area is 111 Å². The topological polar surface area (TPSA) is 38.7 Å². The van der Waals surface area contributed by atoms with Gasteiger partial charge in [-0.2, -0.15) is 0 Å². The van der Waals surface area contributed by atoms with Crippen LogP contribution in [0.1, 0.15) is 32.6 Å². The predicted octanol–water partition coefficient (Wildman–Crippen LogP) is 0.517. The third-order valence-corrected chi connectivity index (χ3v) is 4.53. The van der Waals surface area contributed by atoms with Crippen molar-refractivity contribution in [3.63, 3.8) is 0 Å². The lowest BCUT2D eigenvalue weighted by Gasteiger charge is -2.40. The molecule has 0 amide bonds. The number of likely N-dealkylation sites (N-methyl/N-ethyl adjacent to an activating group) is 1. The van der Waals surface area contributed by atoms with Crippen LogP contribution < -0.4 is 5.32 Å². The number of nitrogens with one attached hydrogen (secondary N) is 1. The van der Waals surface area contributed by atoms with E-state index in [0.717, 1.165) is 45.6 Å². The average molecular weight is 255 g/mol. The molecule has 2 rings (SSSR count). The van der Waals surface area contributed by atoms with Crippen LogP contribution in [0.5, 0.6) is 0 Å².